The summed E-state index contributed by atoms with van der Waals surface area (Å²) in [7, 11) is 0. The summed E-state index contributed by atoms with van der Waals surface area (Å²) < 4.78 is 17.7. The van der Waals surface area contributed by atoms with Crippen molar-refractivity contribution in [1.29, 1.82) is 0 Å². The van der Waals surface area contributed by atoms with Gasteiger partial charge in [-0.05, 0) is 89.9 Å². The van der Waals surface area contributed by atoms with Crippen molar-refractivity contribution in [2.24, 2.45) is 0 Å². The fraction of sp³-hybridized carbons (Fsp3) is 0.846. The summed E-state index contributed by atoms with van der Waals surface area (Å²) in [4.78, 5) is 26.7. The molecule has 0 aromatic heterocycles. The van der Waals surface area contributed by atoms with Crippen molar-refractivity contribution >= 4 is 11.9 Å². The molecule has 6 N–H and O–H groups in total. The van der Waals surface area contributed by atoms with Gasteiger partial charge in [0.15, 0.2) is 12.4 Å². The second kappa shape index (κ2) is 65.4. The number of ether oxygens (including phenoxy) is 3. The summed E-state index contributed by atoms with van der Waals surface area (Å²) in [6, 6.07) is -1.03. The molecule has 1 heterocycles. The largest absolute Gasteiger partial charge is 0.454 e. The van der Waals surface area contributed by atoms with Gasteiger partial charge in [-0.15, -0.1) is 0 Å². The van der Waals surface area contributed by atoms with E-state index in [1.165, 1.54) is 238 Å². The third-order valence-corrected chi connectivity index (χ3v) is 17.9. The van der Waals surface area contributed by atoms with Crippen LogP contribution in [-0.2, 0) is 23.8 Å². The first kappa shape index (κ1) is 84.4. The number of unbranched alkanes of at least 4 members (excludes halogenated alkanes) is 44. The number of rotatable bonds is 66. The first-order valence-corrected chi connectivity index (χ1v) is 38.1. The van der Waals surface area contributed by atoms with E-state index in [1.807, 2.05) is 6.08 Å². The van der Waals surface area contributed by atoms with Crippen molar-refractivity contribution in [2.45, 2.75) is 410 Å². The molecule has 89 heavy (non-hydrogen) atoms. The Labute approximate surface area is 548 Å². The molecule has 0 bridgehead atoms. The number of amides is 1. The summed E-state index contributed by atoms with van der Waals surface area (Å²) in [5.74, 6) is -1.18. The van der Waals surface area contributed by atoms with Crippen LogP contribution in [0.2, 0.25) is 0 Å². The Hall–Kier alpha value is -2.64. The molecule has 0 radical (unpaired) electrons. The molecule has 1 amide bonds. The zero-order chi connectivity index (χ0) is 64.6. The number of hydrogen-bond donors (Lipinski definition) is 6. The summed E-state index contributed by atoms with van der Waals surface area (Å²) in [5, 5.41) is 57.4. The normalized spacial score (nSPS) is 18.4. The highest BCUT2D eigenvalue weighted by molar-refractivity contribution is 5.80. The van der Waals surface area contributed by atoms with Gasteiger partial charge in [0.1, 0.15) is 24.4 Å². The minimum absolute atomic E-state index is 0.125. The predicted molar refractivity (Wildman–Crippen MR) is 375 cm³/mol. The molecule has 1 aliphatic heterocycles. The minimum atomic E-state index is -1.61. The predicted octanol–water partition coefficient (Wildman–Crippen LogP) is 20.1. The van der Waals surface area contributed by atoms with Crippen molar-refractivity contribution in [3.8, 4) is 0 Å². The highest BCUT2D eigenvalue weighted by atomic mass is 16.7. The van der Waals surface area contributed by atoms with Gasteiger partial charge in [-0.2, -0.15) is 0 Å². The number of aliphatic hydroxyl groups excluding tert-OH is 5. The number of aliphatic hydroxyl groups is 5. The third-order valence-electron chi connectivity index (χ3n) is 17.9. The molecule has 0 spiro atoms. The average molecular weight is 1250 g/mol. The van der Waals surface area contributed by atoms with Crippen LogP contribution in [0.25, 0.3) is 0 Å². The third kappa shape index (κ3) is 52.4. The Morgan fingerprint density at radius 1 is 0.438 bits per heavy atom. The van der Waals surface area contributed by atoms with E-state index < -0.39 is 67.4 Å². The molecule has 1 aliphatic rings. The van der Waals surface area contributed by atoms with E-state index in [0.29, 0.717) is 12.8 Å². The number of carbonyl (C=O) groups is 2. The van der Waals surface area contributed by atoms with Gasteiger partial charge in [-0.3, -0.25) is 9.59 Å². The molecule has 8 atom stereocenters. The molecule has 1 saturated heterocycles. The molecular formula is C78H143NO10. The van der Waals surface area contributed by atoms with Gasteiger partial charge in [-0.1, -0.05) is 326 Å². The topological polar surface area (TPSA) is 175 Å². The lowest BCUT2D eigenvalue weighted by Crippen LogP contribution is -2.61. The summed E-state index contributed by atoms with van der Waals surface area (Å²) in [6.45, 7) is 5.80. The lowest BCUT2D eigenvalue weighted by Gasteiger charge is -2.41. The van der Waals surface area contributed by atoms with Crippen molar-refractivity contribution in [3.05, 3.63) is 60.8 Å². The van der Waals surface area contributed by atoms with Crippen LogP contribution in [-0.4, -0.2) is 99.6 Å². The molecule has 0 saturated carbocycles. The van der Waals surface area contributed by atoms with E-state index in [9.17, 15) is 35.1 Å². The second-order valence-electron chi connectivity index (χ2n) is 26.4. The molecule has 1 fully saturated rings. The van der Waals surface area contributed by atoms with E-state index in [1.54, 1.807) is 6.08 Å². The quantitative estimate of drug-likeness (QED) is 0.0195. The van der Waals surface area contributed by atoms with E-state index in [2.05, 4.69) is 74.7 Å². The Kier molecular flexibility index (Phi) is 62.0. The van der Waals surface area contributed by atoms with Gasteiger partial charge in [0.05, 0.1) is 25.4 Å². The lowest BCUT2D eigenvalue weighted by molar-refractivity contribution is -0.305. The molecule has 520 valence electrons. The Bertz CT molecular complexity index is 1680. The first-order chi connectivity index (χ1) is 43.7. The molecular weight excluding hydrogens is 1110 g/mol. The zero-order valence-electron chi connectivity index (χ0n) is 58.1. The fourth-order valence-corrected chi connectivity index (χ4v) is 11.9. The van der Waals surface area contributed by atoms with Crippen LogP contribution in [0.4, 0.5) is 0 Å². The highest BCUT2D eigenvalue weighted by Crippen LogP contribution is 2.27. The van der Waals surface area contributed by atoms with Gasteiger partial charge >= 0.3 is 5.97 Å². The van der Waals surface area contributed by atoms with Gasteiger partial charge in [0.25, 0.3) is 0 Å². The molecule has 11 heteroatoms. The maximum atomic E-state index is 13.5. The molecule has 8 unspecified atom stereocenters. The van der Waals surface area contributed by atoms with Crippen LogP contribution in [0.1, 0.15) is 361 Å². The molecule has 0 aliphatic carbocycles. The monoisotopic (exact) mass is 1250 g/mol. The highest BCUT2D eigenvalue weighted by Gasteiger charge is 2.47. The number of hydrogen-bond acceptors (Lipinski definition) is 10. The van der Waals surface area contributed by atoms with Crippen molar-refractivity contribution in [1.82, 2.24) is 5.32 Å². The Morgan fingerprint density at radius 3 is 1.17 bits per heavy atom. The SMILES string of the molecule is CCCCC/C=C\C/C=C\CCCCCCCCCCCCCCCCCCCC(=O)OC1C(OCC(NC(=O)C(O)CCCCCCCCCCCC/C=C\C/C=C\CCCCC)C(O)/C=C/CCCCCCCCCCCCC)OC(CO)C(O)C1O. The summed E-state index contributed by atoms with van der Waals surface area (Å²) in [5.41, 5.74) is 0. The van der Waals surface area contributed by atoms with Crippen LogP contribution in [0, 0.1) is 0 Å². The van der Waals surface area contributed by atoms with E-state index in [4.69, 9.17) is 14.2 Å². The number of nitrogens with one attached hydrogen (secondary N) is 1. The Morgan fingerprint density at radius 2 is 0.775 bits per heavy atom. The van der Waals surface area contributed by atoms with Gasteiger partial charge in [0.2, 0.25) is 5.91 Å². The van der Waals surface area contributed by atoms with Crippen LogP contribution < -0.4 is 5.32 Å². The summed E-state index contributed by atoms with van der Waals surface area (Å²) in [6.07, 6.45) is 74.1. The smallest absolute Gasteiger partial charge is 0.306 e. The molecule has 0 aromatic rings. The van der Waals surface area contributed by atoms with E-state index in [-0.39, 0.29) is 19.4 Å². The van der Waals surface area contributed by atoms with Crippen LogP contribution in [0.15, 0.2) is 60.8 Å². The average Bonchev–Trinajstić information content (AvgIpc) is 1.85. The van der Waals surface area contributed by atoms with E-state index in [0.717, 1.165) is 77.0 Å². The number of esters is 1. The second-order valence-corrected chi connectivity index (χ2v) is 26.4. The minimum Gasteiger partial charge on any atom is -0.454 e. The van der Waals surface area contributed by atoms with E-state index >= 15 is 0 Å². The van der Waals surface area contributed by atoms with Crippen molar-refractivity contribution < 1.29 is 49.3 Å². The number of carbonyl (C=O) groups excluding carboxylic acids is 2. The van der Waals surface area contributed by atoms with Crippen molar-refractivity contribution in [2.75, 3.05) is 13.2 Å². The number of allylic oxidation sites excluding steroid dienone is 9. The van der Waals surface area contributed by atoms with Crippen LogP contribution in [0.5, 0.6) is 0 Å². The van der Waals surface area contributed by atoms with Gasteiger partial charge in [-0.25, -0.2) is 0 Å². The summed E-state index contributed by atoms with van der Waals surface area (Å²) >= 11 is 0. The van der Waals surface area contributed by atoms with Gasteiger partial charge < -0.3 is 45.1 Å². The standard InChI is InChI=1S/C78H143NO10/c1-4-7-10-13-16-19-22-25-27-29-31-33-34-35-36-37-38-39-41-43-45-48-51-54-57-60-63-66-73(83)89-76-75(85)74(84)72(67-80)88-78(76)87-68-69(70(81)64-61-58-55-52-49-46-24-21-18-15-12-9-6-3)79-77(86)71(82)65-62-59-56-53-50-47-44-42-40-32-30-28-26-23-20-17-14-11-8-5-2/h16-17,19-20,25-28,61,64,69-72,74-76,78,80-82,84-85H,4-15,18,21-24,29-60,62-63,65-68H2,1-3H3,(H,79,86)/b19-16-,20-17-,27-25-,28-26-,64-61+. The first-order valence-electron chi connectivity index (χ1n) is 38.1. The molecule has 0 aromatic carbocycles. The van der Waals surface area contributed by atoms with Crippen molar-refractivity contribution in [3.63, 3.8) is 0 Å². The molecule has 1 rings (SSSR count). The fourth-order valence-electron chi connectivity index (χ4n) is 11.9. The zero-order valence-corrected chi connectivity index (χ0v) is 58.1. The van der Waals surface area contributed by atoms with Gasteiger partial charge in [0, 0.05) is 6.42 Å². The maximum absolute atomic E-state index is 13.5. The molecule has 11 nitrogen and oxygen atoms in total. The maximum Gasteiger partial charge on any atom is 0.306 e. The Balaban J connectivity index is 2.53. The lowest BCUT2D eigenvalue weighted by atomic mass is 9.99. The van der Waals surface area contributed by atoms with Crippen LogP contribution >= 0.6 is 0 Å². The van der Waals surface area contributed by atoms with Crippen LogP contribution in [0.3, 0.4) is 0 Å².